The summed E-state index contributed by atoms with van der Waals surface area (Å²) in [5.41, 5.74) is 0. The molecule has 0 fully saturated rings. The molecule has 0 heterocycles. The quantitative estimate of drug-likeness (QED) is 0.273. The van der Waals surface area contributed by atoms with Crippen molar-refractivity contribution < 1.29 is 9.53 Å². The molecule has 0 unspecified atom stereocenters. The largest absolute Gasteiger partial charge is 0.435 e. The van der Waals surface area contributed by atoms with Gasteiger partial charge in [-0.15, -0.1) is 13.2 Å². The molecule has 0 aromatic rings. The Hall–Kier alpha value is -1.05. The van der Waals surface area contributed by atoms with E-state index in [1.165, 1.54) is 19.1 Å². The Morgan fingerprint density at radius 1 is 1.31 bits per heavy atom. The third kappa shape index (κ3) is 13.9. The Morgan fingerprint density at radius 3 is 2.38 bits per heavy atom. The predicted molar refractivity (Wildman–Crippen MR) is 56.3 cm³/mol. The van der Waals surface area contributed by atoms with Gasteiger partial charge in [0, 0.05) is 6.42 Å². The lowest BCUT2D eigenvalue weighted by Crippen LogP contribution is -1.98. The lowest BCUT2D eigenvalue weighted by atomic mass is 10.2. The van der Waals surface area contributed by atoms with E-state index in [0.29, 0.717) is 6.42 Å². The minimum absolute atomic E-state index is 0.170. The maximum absolute atomic E-state index is 10.7. The van der Waals surface area contributed by atoms with Crippen LogP contribution in [0.15, 0.2) is 26.0 Å². The van der Waals surface area contributed by atoms with Gasteiger partial charge in [0.25, 0.3) is 0 Å². The first-order valence-corrected chi connectivity index (χ1v) is 4.61. The highest BCUT2D eigenvalue weighted by Gasteiger charge is 1.98. The normalized spacial score (nSPS) is 8.08. The molecule has 0 aromatic carbocycles. The molecule has 0 aliphatic carbocycles. The van der Waals surface area contributed by atoms with E-state index in [9.17, 15) is 4.79 Å². The van der Waals surface area contributed by atoms with Gasteiger partial charge in [-0.1, -0.05) is 32.8 Å². The number of rotatable bonds is 6. The van der Waals surface area contributed by atoms with Crippen LogP contribution in [0.4, 0.5) is 0 Å². The van der Waals surface area contributed by atoms with Crippen molar-refractivity contribution in [3.05, 3.63) is 26.0 Å². The van der Waals surface area contributed by atoms with Gasteiger partial charge in [0.15, 0.2) is 0 Å². The lowest BCUT2D eigenvalue weighted by molar-refractivity contribution is -0.138. The minimum atomic E-state index is -0.170. The maximum atomic E-state index is 10.7. The Balaban J connectivity index is 0. The Bertz CT molecular complexity index is 130. The van der Waals surface area contributed by atoms with Crippen molar-refractivity contribution >= 4 is 5.97 Å². The number of ether oxygens (including phenoxy) is 1. The predicted octanol–water partition coefficient (Wildman–Crippen LogP) is 3.45. The SMILES string of the molecule is C=C.C=COC(=O)CCCCCC. The van der Waals surface area contributed by atoms with Crippen LogP contribution < -0.4 is 0 Å². The van der Waals surface area contributed by atoms with Gasteiger partial charge in [0.05, 0.1) is 6.26 Å². The van der Waals surface area contributed by atoms with Gasteiger partial charge in [0.2, 0.25) is 0 Å². The number of esters is 1. The number of unbranched alkanes of at least 4 members (excludes halogenated alkanes) is 3. The lowest BCUT2D eigenvalue weighted by Gasteiger charge is -1.97. The molecule has 2 nitrogen and oxygen atoms in total. The van der Waals surface area contributed by atoms with Gasteiger partial charge < -0.3 is 4.74 Å². The van der Waals surface area contributed by atoms with Gasteiger partial charge in [-0.2, -0.15) is 0 Å². The zero-order valence-corrected chi connectivity index (χ0v) is 8.55. The van der Waals surface area contributed by atoms with E-state index in [1.54, 1.807) is 0 Å². The summed E-state index contributed by atoms with van der Waals surface area (Å²) in [5.74, 6) is -0.170. The van der Waals surface area contributed by atoms with Crippen molar-refractivity contribution in [2.24, 2.45) is 0 Å². The number of hydrogen-bond donors (Lipinski definition) is 0. The van der Waals surface area contributed by atoms with Crippen molar-refractivity contribution in [1.29, 1.82) is 0 Å². The number of hydrogen-bond acceptors (Lipinski definition) is 2. The van der Waals surface area contributed by atoms with Crippen LogP contribution in [0.1, 0.15) is 39.0 Å². The smallest absolute Gasteiger partial charge is 0.310 e. The fraction of sp³-hybridized carbons (Fsp3) is 0.545. The second-order valence-electron chi connectivity index (χ2n) is 2.47. The Kier molecular flexibility index (Phi) is 15.1. The zero-order valence-electron chi connectivity index (χ0n) is 8.55. The molecular formula is C11H20O2. The summed E-state index contributed by atoms with van der Waals surface area (Å²) in [6.07, 6.45) is 6.13. The molecule has 0 radical (unpaired) electrons. The summed E-state index contributed by atoms with van der Waals surface area (Å²) in [4.78, 5) is 10.7. The van der Waals surface area contributed by atoms with E-state index in [4.69, 9.17) is 0 Å². The summed E-state index contributed by atoms with van der Waals surface area (Å²) in [5, 5.41) is 0. The zero-order chi connectivity index (χ0) is 10.5. The van der Waals surface area contributed by atoms with Gasteiger partial charge in [-0.25, -0.2) is 0 Å². The molecule has 0 aromatic heterocycles. The van der Waals surface area contributed by atoms with E-state index in [-0.39, 0.29) is 5.97 Å². The summed E-state index contributed by atoms with van der Waals surface area (Å²) in [6, 6.07) is 0. The maximum Gasteiger partial charge on any atom is 0.310 e. The van der Waals surface area contributed by atoms with Gasteiger partial charge in [-0.05, 0) is 6.42 Å². The van der Waals surface area contributed by atoms with E-state index >= 15 is 0 Å². The molecule has 0 N–H and O–H groups in total. The molecule has 13 heavy (non-hydrogen) atoms. The Labute approximate surface area is 81.3 Å². The fourth-order valence-corrected chi connectivity index (χ4v) is 0.848. The van der Waals surface area contributed by atoms with Crippen molar-refractivity contribution in [2.75, 3.05) is 0 Å². The van der Waals surface area contributed by atoms with Crippen LogP contribution in [0.5, 0.6) is 0 Å². The van der Waals surface area contributed by atoms with Crippen LogP contribution in [-0.4, -0.2) is 5.97 Å². The summed E-state index contributed by atoms with van der Waals surface area (Å²) >= 11 is 0. The van der Waals surface area contributed by atoms with Crippen LogP contribution in [0.2, 0.25) is 0 Å². The molecule has 0 amide bonds. The van der Waals surface area contributed by atoms with E-state index in [0.717, 1.165) is 12.8 Å². The van der Waals surface area contributed by atoms with E-state index in [2.05, 4.69) is 31.4 Å². The first-order valence-electron chi connectivity index (χ1n) is 4.61. The standard InChI is InChI=1S/C9H16O2.C2H4/c1-3-5-6-7-8-9(10)11-4-2;1-2/h4H,2-3,5-8H2,1H3;1-2H2. The van der Waals surface area contributed by atoms with Crippen molar-refractivity contribution in [2.45, 2.75) is 39.0 Å². The molecule has 0 rings (SSSR count). The molecule has 0 aliphatic rings. The molecular weight excluding hydrogens is 164 g/mol. The van der Waals surface area contributed by atoms with Crippen molar-refractivity contribution in [3.8, 4) is 0 Å². The highest BCUT2D eigenvalue weighted by molar-refractivity contribution is 5.69. The fourth-order valence-electron chi connectivity index (χ4n) is 0.848. The average molecular weight is 184 g/mol. The van der Waals surface area contributed by atoms with Crippen LogP contribution in [0, 0.1) is 0 Å². The molecule has 0 atom stereocenters. The molecule has 0 aliphatic heterocycles. The minimum Gasteiger partial charge on any atom is -0.435 e. The second-order valence-corrected chi connectivity index (χ2v) is 2.47. The summed E-state index contributed by atoms with van der Waals surface area (Å²) < 4.78 is 4.55. The van der Waals surface area contributed by atoms with Crippen LogP contribution in [0.3, 0.4) is 0 Å². The number of carbonyl (C=O) groups is 1. The average Bonchev–Trinajstić information content (AvgIpc) is 2.16. The van der Waals surface area contributed by atoms with Crippen molar-refractivity contribution in [1.82, 2.24) is 0 Å². The number of carbonyl (C=O) groups excluding carboxylic acids is 1. The van der Waals surface area contributed by atoms with E-state index in [1.807, 2.05) is 0 Å². The van der Waals surface area contributed by atoms with Gasteiger partial charge >= 0.3 is 5.97 Å². The van der Waals surface area contributed by atoms with Crippen LogP contribution >= 0.6 is 0 Å². The Morgan fingerprint density at radius 2 is 1.92 bits per heavy atom. The second kappa shape index (κ2) is 13.5. The monoisotopic (exact) mass is 184 g/mol. The summed E-state index contributed by atoms with van der Waals surface area (Å²) in [7, 11) is 0. The van der Waals surface area contributed by atoms with Crippen LogP contribution in [0.25, 0.3) is 0 Å². The third-order valence-electron chi connectivity index (χ3n) is 1.45. The van der Waals surface area contributed by atoms with Gasteiger partial charge in [-0.3, -0.25) is 4.79 Å². The third-order valence-corrected chi connectivity index (χ3v) is 1.45. The molecule has 0 bridgehead atoms. The first kappa shape index (κ1) is 14.5. The highest BCUT2D eigenvalue weighted by Crippen LogP contribution is 2.03. The molecule has 76 valence electrons. The van der Waals surface area contributed by atoms with E-state index < -0.39 is 0 Å². The first-order chi connectivity index (χ1) is 6.31. The molecule has 2 heteroatoms. The van der Waals surface area contributed by atoms with Gasteiger partial charge in [0.1, 0.15) is 0 Å². The topological polar surface area (TPSA) is 26.3 Å². The molecule has 0 saturated carbocycles. The van der Waals surface area contributed by atoms with Crippen molar-refractivity contribution in [3.63, 3.8) is 0 Å². The van der Waals surface area contributed by atoms with Crippen LogP contribution in [-0.2, 0) is 9.53 Å². The molecule has 0 saturated heterocycles. The highest BCUT2D eigenvalue weighted by atomic mass is 16.5. The summed E-state index contributed by atoms with van der Waals surface area (Å²) in [6.45, 7) is 11.4. The molecule has 0 spiro atoms.